The third-order valence-electron chi connectivity index (χ3n) is 10.3. The molecule has 0 bridgehead atoms. The Morgan fingerprint density at radius 2 is 2.00 bits per heavy atom. The first-order valence-corrected chi connectivity index (χ1v) is 12.9. The molecule has 0 spiro atoms. The number of aliphatic hydroxyl groups excluding tert-OH is 1. The number of anilines is 3. The molecule has 3 aliphatic rings. The van der Waals surface area contributed by atoms with Gasteiger partial charge in [-0.25, -0.2) is 9.97 Å². The summed E-state index contributed by atoms with van der Waals surface area (Å²) in [5.74, 6) is 2.65. The predicted molar refractivity (Wildman–Crippen MR) is 139 cm³/mol. The topological polar surface area (TPSA) is 87.7 Å². The minimum Gasteiger partial charge on any atom is -0.390 e. The van der Waals surface area contributed by atoms with Crippen molar-refractivity contribution in [1.82, 2.24) is 9.97 Å². The molecular weight excluding hydrogens is 426 g/mol. The molecule has 34 heavy (non-hydrogen) atoms. The van der Waals surface area contributed by atoms with Gasteiger partial charge in [0.15, 0.2) is 11.6 Å². The maximum Gasteiger partial charge on any atom is 0.159 e. The molecule has 1 aromatic heterocycles. The van der Waals surface area contributed by atoms with E-state index in [0.717, 1.165) is 56.8 Å². The smallest absolute Gasteiger partial charge is 0.159 e. The number of aromatic nitrogens is 2. The van der Waals surface area contributed by atoms with E-state index in [1.165, 1.54) is 18.3 Å². The highest BCUT2D eigenvalue weighted by molar-refractivity contribution is 5.81. The van der Waals surface area contributed by atoms with Gasteiger partial charge in [-0.3, -0.25) is 0 Å². The van der Waals surface area contributed by atoms with Crippen molar-refractivity contribution in [1.29, 1.82) is 0 Å². The van der Waals surface area contributed by atoms with Crippen LogP contribution in [-0.2, 0) is 4.74 Å². The molecule has 6 atom stereocenters. The summed E-state index contributed by atoms with van der Waals surface area (Å²) in [6, 6.07) is 0. The molecular formula is C27H45N5O2. The highest BCUT2D eigenvalue weighted by Gasteiger charge is 2.63. The van der Waals surface area contributed by atoms with Crippen LogP contribution in [-0.4, -0.2) is 54.2 Å². The Morgan fingerprint density at radius 1 is 1.26 bits per heavy atom. The van der Waals surface area contributed by atoms with Gasteiger partial charge in [-0.15, -0.1) is 0 Å². The standard InChI is InChI=1S/C27H45N5O2/c1-18(12-15-32-17-31(6)24-22(32)23(28)29-16-30-24)10-13-25(3)19(2)11-14-26(4)20(25)8-9-21(33)27(26,5)34-7/h12,16,19-21,33H,8-11,13-15,17H2,1-7H3,(H2,28,29,30)/b18-12+/t19-,20-,21-,25+,26-,27+/m1/s1. The lowest BCUT2D eigenvalue weighted by atomic mass is 9.43. The average molecular weight is 472 g/mol. The van der Waals surface area contributed by atoms with Crippen LogP contribution in [0.2, 0.25) is 0 Å². The fourth-order valence-electron chi connectivity index (χ4n) is 7.45. The largest absolute Gasteiger partial charge is 0.390 e. The van der Waals surface area contributed by atoms with Gasteiger partial charge >= 0.3 is 0 Å². The highest BCUT2D eigenvalue weighted by atomic mass is 16.5. The number of nitrogens with zero attached hydrogens (tertiary/aromatic N) is 4. The molecule has 0 amide bonds. The Balaban J connectivity index is 1.48. The van der Waals surface area contributed by atoms with Crippen molar-refractivity contribution in [2.75, 3.05) is 42.9 Å². The summed E-state index contributed by atoms with van der Waals surface area (Å²) >= 11 is 0. The molecule has 2 fully saturated rings. The van der Waals surface area contributed by atoms with Crippen molar-refractivity contribution >= 4 is 17.3 Å². The molecule has 7 nitrogen and oxygen atoms in total. The van der Waals surface area contributed by atoms with E-state index in [1.54, 1.807) is 7.11 Å². The second kappa shape index (κ2) is 8.98. The van der Waals surface area contributed by atoms with E-state index in [4.69, 9.17) is 10.5 Å². The zero-order chi connectivity index (χ0) is 24.9. The normalized spacial score (nSPS) is 38.1. The summed E-state index contributed by atoms with van der Waals surface area (Å²) in [5, 5.41) is 10.9. The quantitative estimate of drug-likeness (QED) is 0.585. The number of rotatable bonds is 6. The molecule has 2 aliphatic carbocycles. The van der Waals surface area contributed by atoms with Gasteiger partial charge in [0.25, 0.3) is 0 Å². The molecule has 2 saturated carbocycles. The lowest BCUT2D eigenvalue weighted by molar-refractivity contribution is -0.246. The van der Waals surface area contributed by atoms with E-state index in [0.29, 0.717) is 17.7 Å². The second-order valence-corrected chi connectivity index (χ2v) is 11.9. The molecule has 3 N–H and O–H groups in total. The summed E-state index contributed by atoms with van der Waals surface area (Å²) in [4.78, 5) is 13.0. The number of nitrogen functional groups attached to an aromatic ring is 1. The lowest BCUT2D eigenvalue weighted by Gasteiger charge is -2.65. The summed E-state index contributed by atoms with van der Waals surface area (Å²) in [6.45, 7) is 13.3. The van der Waals surface area contributed by atoms with Gasteiger partial charge in [-0.2, -0.15) is 0 Å². The molecule has 2 heterocycles. The maximum absolute atomic E-state index is 10.9. The third kappa shape index (κ3) is 3.79. The summed E-state index contributed by atoms with van der Waals surface area (Å²) < 4.78 is 6.07. The van der Waals surface area contributed by atoms with E-state index in [1.807, 2.05) is 7.05 Å². The molecule has 1 aliphatic heterocycles. The summed E-state index contributed by atoms with van der Waals surface area (Å²) in [7, 11) is 3.82. The Labute approximate surface area is 205 Å². The number of hydrogen-bond donors (Lipinski definition) is 2. The maximum atomic E-state index is 10.9. The zero-order valence-corrected chi connectivity index (χ0v) is 22.3. The van der Waals surface area contributed by atoms with E-state index < -0.39 is 11.7 Å². The summed E-state index contributed by atoms with van der Waals surface area (Å²) in [6.07, 6.45) is 9.94. The van der Waals surface area contributed by atoms with Gasteiger partial charge in [-0.1, -0.05) is 32.4 Å². The number of allylic oxidation sites excluding steroid dienone is 1. The van der Waals surface area contributed by atoms with Crippen molar-refractivity contribution in [3.05, 3.63) is 18.0 Å². The third-order valence-corrected chi connectivity index (χ3v) is 10.3. The second-order valence-electron chi connectivity index (χ2n) is 11.9. The number of nitrogens with two attached hydrogens (primary N) is 1. The first-order valence-electron chi connectivity index (χ1n) is 12.9. The SMILES string of the molecule is CO[C@@]1(C)[C@H](O)CC[C@@H]2[C@@](C)(CC/C(C)=C/CN3CN(C)c4ncnc(N)c43)[C@H](C)CC[C@]21C. The lowest BCUT2D eigenvalue weighted by Crippen LogP contribution is -2.65. The van der Waals surface area contributed by atoms with E-state index in [-0.39, 0.29) is 10.8 Å². The molecule has 4 rings (SSSR count). The molecule has 0 radical (unpaired) electrons. The minimum absolute atomic E-state index is 0.0142. The van der Waals surface area contributed by atoms with Gasteiger partial charge in [0, 0.05) is 26.1 Å². The van der Waals surface area contributed by atoms with E-state index in [9.17, 15) is 5.11 Å². The Morgan fingerprint density at radius 3 is 2.71 bits per heavy atom. The van der Waals surface area contributed by atoms with Gasteiger partial charge in [0.1, 0.15) is 12.0 Å². The van der Waals surface area contributed by atoms with Gasteiger partial charge in [0.2, 0.25) is 0 Å². The molecule has 190 valence electrons. The van der Waals surface area contributed by atoms with Crippen LogP contribution in [0, 0.1) is 22.7 Å². The van der Waals surface area contributed by atoms with E-state index in [2.05, 4.69) is 60.5 Å². The molecule has 7 heteroatoms. The summed E-state index contributed by atoms with van der Waals surface area (Å²) in [5.41, 5.74) is 8.25. The van der Waals surface area contributed by atoms with Crippen molar-refractivity contribution in [2.24, 2.45) is 22.7 Å². The van der Waals surface area contributed by atoms with Crippen LogP contribution >= 0.6 is 0 Å². The van der Waals surface area contributed by atoms with Crippen LogP contribution in [0.25, 0.3) is 0 Å². The number of fused-ring (bicyclic) bond motifs is 2. The number of methoxy groups -OCH3 is 1. The Hall–Kier alpha value is -1.86. The molecule has 1 aromatic rings. The van der Waals surface area contributed by atoms with Crippen LogP contribution in [0.3, 0.4) is 0 Å². The monoisotopic (exact) mass is 471 g/mol. The zero-order valence-electron chi connectivity index (χ0n) is 22.3. The number of hydrogen-bond acceptors (Lipinski definition) is 7. The molecule has 0 aromatic carbocycles. The first-order chi connectivity index (χ1) is 16.0. The van der Waals surface area contributed by atoms with Crippen molar-refractivity contribution < 1.29 is 9.84 Å². The average Bonchev–Trinajstić information content (AvgIpc) is 3.14. The van der Waals surface area contributed by atoms with Crippen molar-refractivity contribution in [3.63, 3.8) is 0 Å². The van der Waals surface area contributed by atoms with E-state index >= 15 is 0 Å². The van der Waals surface area contributed by atoms with Crippen molar-refractivity contribution in [3.8, 4) is 0 Å². The highest BCUT2D eigenvalue weighted by Crippen LogP contribution is 2.65. The van der Waals surface area contributed by atoms with Crippen LogP contribution in [0.15, 0.2) is 18.0 Å². The minimum atomic E-state index is -0.487. The molecule has 0 saturated heterocycles. The number of aliphatic hydroxyl groups is 1. The van der Waals surface area contributed by atoms with Crippen LogP contribution in [0.4, 0.5) is 17.3 Å². The Bertz CT molecular complexity index is 938. The molecule has 0 unspecified atom stereocenters. The predicted octanol–water partition coefficient (Wildman–Crippen LogP) is 4.62. The van der Waals surface area contributed by atoms with Gasteiger partial charge in [0.05, 0.1) is 18.4 Å². The van der Waals surface area contributed by atoms with Crippen LogP contribution in [0.1, 0.15) is 73.1 Å². The van der Waals surface area contributed by atoms with Crippen molar-refractivity contribution in [2.45, 2.75) is 84.8 Å². The number of ether oxygens (including phenoxy) is 1. The van der Waals surface area contributed by atoms with Gasteiger partial charge in [-0.05, 0) is 69.6 Å². The fraction of sp³-hybridized carbons (Fsp3) is 0.778. The van der Waals surface area contributed by atoms with Crippen LogP contribution < -0.4 is 15.5 Å². The van der Waals surface area contributed by atoms with Gasteiger partial charge < -0.3 is 25.4 Å². The first kappa shape index (κ1) is 25.2. The fourth-order valence-corrected chi connectivity index (χ4v) is 7.45. The Kier molecular flexibility index (Phi) is 6.66. The van der Waals surface area contributed by atoms with Crippen LogP contribution in [0.5, 0.6) is 0 Å².